The van der Waals surface area contributed by atoms with Gasteiger partial charge in [0.15, 0.2) is 6.04 Å². The lowest BCUT2D eigenvalue weighted by Gasteiger charge is -2.28. The van der Waals surface area contributed by atoms with Crippen LogP contribution in [-0.4, -0.2) is 32.7 Å². The van der Waals surface area contributed by atoms with E-state index in [1.807, 2.05) is 20.8 Å². The summed E-state index contributed by atoms with van der Waals surface area (Å²) in [4.78, 5) is 28.6. The Hall–Kier alpha value is -2.89. The molecule has 1 N–H and O–H groups in total. The number of amides is 1. The van der Waals surface area contributed by atoms with E-state index in [9.17, 15) is 14.7 Å². The summed E-state index contributed by atoms with van der Waals surface area (Å²) in [6.45, 7) is 5.88. The zero-order valence-corrected chi connectivity index (χ0v) is 14.0. The van der Waals surface area contributed by atoms with Crippen LogP contribution < -0.4 is 5.01 Å². The van der Waals surface area contributed by atoms with Crippen LogP contribution in [0.3, 0.4) is 0 Å². The molecule has 6 nitrogen and oxygen atoms in total. The van der Waals surface area contributed by atoms with E-state index in [4.69, 9.17) is 0 Å². The van der Waals surface area contributed by atoms with Crippen LogP contribution in [0.2, 0.25) is 0 Å². The topological polar surface area (TPSA) is 75.4 Å². The van der Waals surface area contributed by atoms with Crippen LogP contribution in [0.4, 0.5) is 0 Å². The van der Waals surface area contributed by atoms with Gasteiger partial charge < -0.3 is 5.11 Å². The summed E-state index contributed by atoms with van der Waals surface area (Å²) in [5.41, 5.74) is 0.200. The van der Waals surface area contributed by atoms with E-state index in [0.717, 1.165) is 0 Å². The van der Waals surface area contributed by atoms with Crippen molar-refractivity contribution < 1.29 is 14.7 Å². The van der Waals surface area contributed by atoms with Gasteiger partial charge in [0.05, 0.1) is 0 Å². The summed E-state index contributed by atoms with van der Waals surface area (Å²) < 4.78 is 1.39. The second kappa shape index (κ2) is 7.12. The second-order valence-corrected chi connectivity index (χ2v) is 6.47. The summed E-state index contributed by atoms with van der Waals surface area (Å²) in [7, 11) is 0. The number of carbonyl (C=O) groups is 2. The summed E-state index contributed by atoms with van der Waals surface area (Å²) in [6, 6.07) is 7.43. The highest BCUT2D eigenvalue weighted by molar-refractivity contribution is 6.05. The first-order valence-electron chi connectivity index (χ1n) is 7.58. The van der Waals surface area contributed by atoms with Gasteiger partial charge >= 0.3 is 5.97 Å². The van der Waals surface area contributed by atoms with E-state index in [1.54, 1.807) is 42.6 Å². The molecule has 126 valence electrons. The van der Waals surface area contributed by atoms with Gasteiger partial charge in [0.2, 0.25) is 0 Å². The van der Waals surface area contributed by atoms with Crippen molar-refractivity contribution in [1.29, 1.82) is 0 Å². The molecule has 1 atom stereocenters. The Kier molecular flexibility index (Phi) is 5.18. The number of carboxylic acids is 1. The molecule has 6 heteroatoms. The van der Waals surface area contributed by atoms with E-state index < -0.39 is 17.9 Å². The van der Waals surface area contributed by atoms with Gasteiger partial charge in [-0.3, -0.25) is 4.79 Å². The molecule has 24 heavy (non-hydrogen) atoms. The molecule has 0 aliphatic rings. The number of aliphatic carboxylic acids is 1. The molecule has 0 aliphatic heterocycles. The van der Waals surface area contributed by atoms with Gasteiger partial charge in [-0.2, -0.15) is 0 Å². The molecule has 0 bridgehead atoms. The first kappa shape index (κ1) is 17.5. The SMILES string of the molecule is CC(C)(C)/C=C/C(C(=O)O)N(C(=O)c1ccccc1)n1ccnc1. The molecule has 1 aromatic heterocycles. The highest BCUT2D eigenvalue weighted by Crippen LogP contribution is 2.17. The Balaban J connectivity index is 2.47. The van der Waals surface area contributed by atoms with E-state index in [0.29, 0.717) is 5.56 Å². The third-order valence-electron chi connectivity index (χ3n) is 3.26. The minimum Gasteiger partial charge on any atom is -0.479 e. The first-order chi connectivity index (χ1) is 11.3. The highest BCUT2D eigenvalue weighted by atomic mass is 16.4. The zero-order valence-electron chi connectivity index (χ0n) is 14.0. The van der Waals surface area contributed by atoms with E-state index in [2.05, 4.69) is 4.98 Å². The molecule has 0 fully saturated rings. The smallest absolute Gasteiger partial charge is 0.332 e. The Morgan fingerprint density at radius 3 is 2.42 bits per heavy atom. The second-order valence-electron chi connectivity index (χ2n) is 6.47. The molecular weight excluding hydrogens is 306 g/mol. The third kappa shape index (κ3) is 4.32. The van der Waals surface area contributed by atoms with Gasteiger partial charge in [-0.25, -0.2) is 19.5 Å². The maximum atomic E-state index is 12.9. The standard InChI is InChI=1S/C18H21N3O3/c1-18(2,3)10-9-15(17(23)24)21(20-12-11-19-13-20)16(22)14-7-5-4-6-8-14/h4-13,15H,1-3H3,(H,23,24)/b10-9+. The molecule has 0 saturated carbocycles. The van der Waals surface area contributed by atoms with Gasteiger partial charge in [-0.05, 0) is 17.5 Å². The number of carboxylic acid groups (broad SMARTS) is 1. The van der Waals surface area contributed by atoms with Gasteiger partial charge in [0, 0.05) is 18.0 Å². The Morgan fingerprint density at radius 1 is 1.25 bits per heavy atom. The molecule has 0 aliphatic carbocycles. The molecule has 0 saturated heterocycles. The van der Waals surface area contributed by atoms with Crippen molar-refractivity contribution in [3.05, 3.63) is 66.8 Å². The third-order valence-corrected chi connectivity index (χ3v) is 3.26. The van der Waals surface area contributed by atoms with Crippen molar-refractivity contribution in [2.45, 2.75) is 26.8 Å². The summed E-state index contributed by atoms with van der Waals surface area (Å²) in [5, 5.41) is 10.8. The zero-order chi connectivity index (χ0) is 17.7. The molecular formula is C18H21N3O3. The van der Waals surface area contributed by atoms with Gasteiger partial charge in [-0.1, -0.05) is 51.1 Å². The van der Waals surface area contributed by atoms with Crippen LogP contribution in [0.1, 0.15) is 31.1 Å². The molecule has 1 heterocycles. The molecule has 2 rings (SSSR count). The van der Waals surface area contributed by atoms with Gasteiger partial charge in [0.25, 0.3) is 5.91 Å². The number of aromatic nitrogens is 2. The van der Waals surface area contributed by atoms with Crippen molar-refractivity contribution in [2.75, 3.05) is 5.01 Å². The van der Waals surface area contributed by atoms with Crippen LogP contribution >= 0.6 is 0 Å². The lowest BCUT2D eigenvalue weighted by Crippen LogP contribution is -2.50. The number of allylic oxidation sites excluding steroid dienone is 1. The average molecular weight is 327 g/mol. The lowest BCUT2D eigenvalue weighted by atomic mass is 9.95. The van der Waals surface area contributed by atoms with Crippen molar-refractivity contribution in [3.8, 4) is 0 Å². The lowest BCUT2D eigenvalue weighted by molar-refractivity contribution is -0.137. The number of rotatable bonds is 5. The minimum absolute atomic E-state index is 0.204. The highest BCUT2D eigenvalue weighted by Gasteiger charge is 2.30. The van der Waals surface area contributed by atoms with E-state index in [-0.39, 0.29) is 5.41 Å². The molecule has 1 aromatic carbocycles. The van der Waals surface area contributed by atoms with Crippen LogP contribution in [0.5, 0.6) is 0 Å². The van der Waals surface area contributed by atoms with Crippen LogP contribution in [-0.2, 0) is 4.79 Å². The molecule has 1 amide bonds. The fourth-order valence-corrected chi connectivity index (χ4v) is 2.12. The van der Waals surface area contributed by atoms with Crippen LogP contribution in [0.15, 0.2) is 61.2 Å². The van der Waals surface area contributed by atoms with Gasteiger partial charge in [0.1, 0.15) is 6.33 Å². The number of carbonyl (C=O) groups excluding carboxylic acids is 1. The summed E-state index contributed by atoms with van der Waals surface area (Å²) >= 11 is 0. The fraction of sp³-hybridized carbons (Fsp3) is 0.278. The predicted octanol–water partition coefficient (Wildman–Crippen LogP) is 2.72. The molecule has 0 radical (unpaired) electrons. The fourth-order valence-electron chi connectivity index (χ4n) is 2.12. The molecule has 2 aromatic rings. The van der Waals surface area contributed by atoms with E-state index in [1.165, 1.54) is 28.3 Å². The molecule has 1 unspecified atom stereocenters. The van der Waals surface area contributed by atoms with Crippen molar-refractivity contribution >= 4 is 11.9 Å². The maximum Gasteiger partial charge on any atom is 0.332 e. The van der Waals surface area contributed by atoms with Crippen molar-refractivity contribution in [1.82, 2.24) is 9.66 Å². The predicted molar refractivity (Wildman–Crippen MR) is 91.2 cm³/mol. The summed E-state index contributed by atoms with van der Waals surface area (Å²) in [6.07, 6.45) is 7.76. The first-order valence-corrected chi connectivity index (χ1v) is 7.58. The van der Waals surface area contributed by atoms with E-state index >= 15 is 0 Å². The van der Waals surface area contributed by atoms with Crippen LogP contribution in [0, 0.1) is 5.41 Å². The number of benzene rings is 1. The monoisotopic (exact) mass is 327 g/mol. The Bertz CT molecular complexity index is 716. The molecule has 0 spiro atoms. The maximum absolute atomic E-state index is 12.9. The largest absolute Gasteiger partial charge is 0.479 e. The van der Waals surface area contributed by atoms with Gasteiger partial charge in [-0.15, -0.1) is 0 Å². The number of nitrogens with zero attached hydrogens (tertiary/aromatic N) is 3. The quantitative estimate of drug-likeness (QED) is 0.857. The van der Waals surface area contributed by atoms with Crippen LogP contribution in [0.25, 0.3) is 0 Å². The average Bonchev–Trinajstić information content (AvgIpc) is 3.04. The normalized spacial score (nSPS) is 13.0. The Labute approximate surface area is 141 Å². The minimum atomic E-state index is -1.15. The van der Waals surface area contributed by atoms with Crippen molar-refractivity contribution in [3.63, 3.8) is 0 Å². The van der Waals surface area contributed by atoms with Crippen molar-refractivity contribution in [2.24, 2.45) is 5.41 Å². The number of imidazole rings is 1. The summed E-state index contributed by atoms with van der Waals surface area (Å²) in [5.74, 6) is -1.53. The Morgan fingerprint density at radius 2 is 1.92 bits per heavy atom. The number of hydrogen-bond donors (Lipinski definition) is 1. The number of hydrogen-bond acceptors (Lipinski definition) is 3.